The van der Waals surface area contributed by atoms with Gasteiger partial charge >= 0.3 is 0 Å². The second-order valence-corrected chi connectivity index (χ2v) is 10.3. The zero-order chi connectivity index (χ0) is 19.8. The zero-order valence-corrected chi connectivity index (χ0v) is 16.6. The Labute approximate surface area is 161 Å². The quantitative estimate of drug-likeness (QED) is 0.610. The van der Waals surface area contributed by atoms with Crippen LogP contribution in [-0.4, -0.2) is 38.2 Å². The number of hydrogen-bond donors (Lipinski definition) is 1. The minimum absolute atomic E-state index is 0.0672. The Morgan fingerprint density at radius 1 is 1.22 bits per heavy atom. The summed E-state index contributed by atoms with van der Waals surface area (Å²) in [5.41, 5.74) is 1.10. The van der Waals surface area contributed by atoms with Crippen LogP contribution in [0.3, 0.4) is 0 Å². The fourth-order valence-corrected chi connectivity index (χ4v) is 4.76. The third kappa shape index (κ3) is 3.64. The molecule has 1 saturated heterocycles. The molecule has 0 radical (unpaired) electrons. The van der Waals surface area contributed by atoms with E-state index in [4.69, 9.17) is 11.6 Å². The zero-order valence-electron chi connectivity index (χ0n) is 14.9. The highest BCUT2D eigenvalue weighted by atomic mass is 35.5. The Morgan fingerprint density at radius 2 is 1.93 bits per heavy atom. The van der Waals surface area contributed by atoms with Crippen molar-refractivity contribution in [1.29, 1.82) is 0 Å². The van der Waals surface area contributed by atoms with Crippen LogP contribution in [0.15, 0.2) is 36.4 Å². The van der Waals surface area contributed by atoms with Crippen molar-refractivity contribution >= 4 is 42.1 Å². The van der Waals surface area contributed by atoms with Gasteiger partial charge in [-0.3, -0.25) is 9.59 Å². The van der Waals surface area contributed by atoms with E-state index < -0.39 is 19.0 Å². The second-order valence-electron chi connectivity index (χ2n) is 6.74. The molecule has 1 aliphatic heterocycles. The molecule has 1 heterocycles. The number of anilines is 1. The maximum absolute atomic E-state index is 15.0. The lowest BCUT2D eigenvalue weighted by molar-refractivity contribution is -0.121. The Bertz CT molecular complexity index is 960. The molecule has 0 aliphatic carbocycles. The van der Waals surface area contributed by atoms with E-state index in [1.54, 1.807) is 43.7 Å². The summed E-state index contributed by atoms with van der Waals surface area (Å²) in [4.78, 5) is 24.2. The summed E-state index contributed by atoms with van der Waals surface area (Å²) >= 11 is 6.30. The minimum Gasteiger partial charge on any atom is -0.347 e. The molecule has 0 bridgehead atoms. The van der Waals surface area contributed by atoms with E-state index in [-0.39, 0.29) is 23.2 Å². The maximum Gasteiger partial charge on any atom is 0.249 e. The summed E-state index contributed by atoms with van der Waals surface area (Å²) in [6.07, 6.45) is 0.858. The molecule has 0 spiro atoms. The Kier molecular flexibility index (Phi) is 5.41. The van der Waals surface area contributed by atoms with Crippen molar-refractivity contribution in [3.63, 3.8) is 0 Å². The predicted molar refractivity (Wildman–Crippen MR) is 106 cm³/mol. The van der Waals surface area contributed by atoms with Gasteiger partial charge in [0.25, 0.3) is 0 Å². The number of nitrogens with zero attached hydrogens (tertiary/aromatic N) is 1. The summed E-state index contributed by atoms with van der Waals surface area (Å²) in [5.74, 6) is -1.09. The smallest absolute Gasteiger partial charge is 0.249 e. The van der Waals surface area contributed by atoms with Crippen LogP contribution in [0.4, 0.5) is 10.1 Å². The molecule has 1 atom stereocenters. The van der Waals surface area contributed by atoms with Gasteiger partial charge in [-0.05, 0) is 31.4 Å². The normalized spacial score (nSPS) is 17.3. The van der Waals surface area contributed by atoms with Crippen molar-refractivity contribution < 1.29 is 18.5 Å². The van der Waals surface area contributed by atoms with E-state index in [1.807, 2.05) is 0 Å². The van der Waals surface area contributed by atoms with Gasteiger partial charge in [-0.25, -0.2) is 4.39 Å². The molecule has 3 rings (SSSR count). The SMILES string of the molecule is CP(C)(=O)c1ccccc1-c1ccc(N2CCC(NC=O)C2=O)c(F)c1Cl. The number of hydrogen-bond acceptors (Lipinski definition) is 3. The molecule has 1 N–H and O–H groups in total. The molecule has 2 amide bonds. The van der Waals surface area contributed by atoms with Crippen LogP contribution in [0.5, 0.6) is 0 Å². The third-order valence-corrected chi connectivity index (χ3v) is 6.52. The van der Waals surface area contributed by atoms with Crippen molar-refractivity contribution in [2.24, 2.45) is 0 Å². The Balaban J connectivity index is 2.05. The van der Waals surface area contributed by atoms with E-state index >= 15 is 4.39 Å². The monoisotopic (exact) mass is 408 g/mol. The van der Waals surface area contributed by atoms with Gasteiger partial charge in [0.15, 0.2) is 5.82 Å². The lowest BCUT2D eigenvalue weighted by Crippen LogP contribution is -2.37. The predicted octanol–water partition coefficient (Wildman–Crippen LogP) is 3.25. The van der Waals surface area contributed by atoms with Gasteiger partial charge in [0.05, 0.1) is 10.7 Å². The summed E-state index contributed by atoms with van der Waals surface area (Å²) < 4.78 is 27.6. The number of halogens is 2. The van der Waals surface area contributed by atoms with Gasteiger partial charge in [0, 0.05) is 17.4 Å². The Morgan fingerprint density at radius 3 is 2.59 bits per heavy atom. The van der Waals surface area contributed by atoms with Gasteiger partial charge < -0.3 is 14.8 Å². The van der Waals surface area contributed by atoms with Gasteiger partial charge in [-0.1, -0.05) is 41.9 Å². The molecule has 27 heavy (non-hydrogen) atoms. The molecule has 1 fully saturated rings. The van der Waals surface area contributed by atoms with Crippen molar-refractivity contribution in [2.75, 3.05) is 24.8 Å². The van der Waals surface area contributed by atoms with Crippen LogP contribution in [0.25, 0.3) is 11.1 Å². The van der Waals surface area contributed by atoms with E-state index in [0.29, 0.717) is 29.3 Å². The van der Waals surface area contributed by atoms with Gasteiger partial charge in [-0.15, -0.1) is 0 Å². The van der Waals surface area contributed by atoms with Crippen LogP contribution in [0, 0.1) is 5.82 Å². The van der Waals surface area contributed by atoms with Crippen LogP contribution < -0.4 is 15.5 Å². The first-order valence-electron chi connectivity index (χ1n) is 8.39. The molecule has 0 saturated carbocycles. The van der Waals surface area contributed by atoms with E-state index in [1.165, 1.54) is 11.0 Å². The van der Waals surface area contributed by atoms with E-state index in [9.17, 15) is 14.2 Å². The summed E-state index contributed by atoms with van der Waals surface area (Å²) in [6, 6.07) is 9.51. The molecule has 1 unspecified atom stereocenters. The maximum atomic E-state index is 15.0. The van der Waals surface area contributed by atoms with Crippen LogP contribution in [-0.2, 0) is 14.2 Å². The topological polar surface area (TPSA) is 66.5 Å². The number of amides is 2. The van der Waals surface area contributed by atoms with Crippen LogP contribution >= 0.6 is 18.7 Å². The van der Waals surface area contributed by atoms with Crippen molar-refractivity contribution in [3.05, 3.63) is 47.2 Å². The number of rotatable bonds is 5. The summed E-state index contributed by atoms with van der Waals surface area (Å²) in [7, 11) is -2.60. The molecule has 142 valence electrons. The first-order chi connectivity index (χ1) is 12.8. The van der Waals surface area contributed by atoms with Crippen LogP contribution in [0.2, 0.25) is 5.02 Å². The molecule has 2 aromatic rings. The molecule has 2 aromatic carbocycles. The average Bonchev–Trinajstić information content (AvgIpc) is 2.98. The summed E-state index contributed by atoms with van der Waals surface area (Å²) in [5, 5.41) is 2.92. The highest BCUT2D eigenvalue weighted by Crippen LogP contribution is 2.42. The standard InChI is InChI=1S/C19H19ClFN2O3P/c1-27(2,26)16-6-4-3-5-12(16)13-7-8-15(18(21)17(13)20)23-10-9-14(19(23)25)22-11-24/h3-8,11,14H,9-10H2,1-2H3,(H,22,24). The molecule has 1 aliphatic rings. The van der Waals surface area contributed by atoms with Crippen molar-refractivity contribution in [3.8, 4) is 11.1 Å². The van der Waals surface area contributed by atoms with E-state index in [0.717, 1.165) is 0 Å². The van der Waals surface area contributed by atoms with Crippen LogP contribution in [0.1, 0.15) is 6.42 Å². The molecule has 0 aromatic heterocycles. The first-order valence-corrected chi connectivity index (χ1v) is 11.4. The highest BCUT2D eigenvalue weighted by Gasteiger charge is 2.34. The van der Waals surface area contributed by atoms with Crippen molar-refractivity contribution in [2.45, 2.75) is 12.5 Å². The molecular formula is C19H19ClFN2O3P. The number of carbonyl (C=O) groups excluding carboxylic acids is 2. The molecule has 8 heteroatoms. The lowest BCUT2D eigenvalue weighted by Gasteiger charge is -2.20. The second kappa shape index (κ2) is 7.45. The Hall–Kier alpha value is -2.17. The number of nitrogens with one attached hydrogen (secondary N) is 1. The third-order valence-electron chi connectivity index (χ3n) is 4.60. The van der Waals surface area contributed by atoms with Crippen molar-refractivity contribution in [1.82, 2.24) is 5.32 Å². The summed E-state index contributed by atoms with van der Waals surface area (Å²) in [6.45, 7) is 3.58. The largest absolute Gasteiger partial charge is 0.347 e. The van der Waals surface area contributed by atoms with Gasteiger partial charge in [0.1, 0.15) is 13.2 Å². The minimum atomic E-state index is -2.60. The highest BCUT2D eigenvalue weighted by molar-refractivity contribution is 7.70. The fraction of sp³-hybridized carbons (Fsp3) is 0.263. The fourth-order valence-electron chi connectivity index (χ4n) is 3.28. The first kappa shape index (κ1) is 19.6. The van der Waals surface area contributed by atoms with E-state index in [2.05, 4.69) is 5.32 Å². The number of benzene rings is 2. The molecular weight excluding hydrogens is 390 g/mol. The lowest BCUT2D eigenvalue weighted by atomic mass is 10.0. The molecule has 5 nitrogen and oxygen atoms in total. The van der Waals surface area contributed by atoms with Gasteiger partial charge in [0.2, 0.25) is 12.3 Å². The number of carbonyl (C=O) groups is 2. The average molecular weight is 409 g/mol. The van der Waals surface area contributed by atoms with Gasteiger partial charge in [-0.2, -0.15) is 0 Å².